The minimum atomic E-state index is -1.08. The number of carbonyl (C=O) groups excluding carboxylic acids is 1. The summed E-state index contributed by atoms with van der Waals surface area (Å²) in [5.74, 6) is -2.38. The zero-order valence-electron chi connectivity index (χ0n) is 10.7. The lowest BCUT2D eigenvalue weighted by atomic mass is 10.1. The van der Waals surface area contributed by atoms with E-state index < -0.39 is 11.9 Å². The predicted molar refractivity (Wildman–Crippen MR) is 71.8 cm³/mol. The van der Waals surface area contributed by atoms with E-state index in [1.165, 1.54) is 6.92 Å². The van der Waals surface area contributed by atoms with E-state index >= 15 is 0 Å². The fraction of sp³-hybridized carbons (Fsp3) is 0.429. The molecular weight excluding hydrogens is 266 g/mol. The van der Waals surface area contributed by atoms with Crippen LogP contribution in [0.5, 0.6) is 0 Å². The maximum atomic E-state index is 12.2. The molecule has 102 valence electrons. The van der Waals surface area contributed by atoms with Crippen LogP contribution in [0.1, 0.15) is 25.3 Å². The number of hydrogen-bond acceptors (Lipinski definition) is 2. The number of amides is 1. The van der Waals surface area contributed by atoms with Crippen molar-refractivity contribution in [2.24, 2.45) is 5.92 Å². The molecule has 1 saturated carbocycles. The van der Waals surface area contributed by atoms with Gasteiger partial charge >= 0.3 is 5.97 Å². The molecule has 0 heterocycles. The Morgan fingerprint density at radius 3 is 2.42 bits per heavy atom. The first-order valence-electron chi connectivity index (χ1n) is 6.26. The first-order chi connectivity index (χ1) is 8.99. The number of hydrogen-bond donors (Lipinski definition) is 1. The number of rotatable bonds is 5. The highest BCUT2D eigenvalue weighted by Crippen LogP contribution is 2.30. The molecule has 1 amide bonds. The van der Waals surface area contributed by atoms with Crippen molar-refractivity contribution < 1.29 is 14.7 Å². The first kappa shape index (κ1) is 13.9. The van der Waals surface area contributed by atoms with Crippen molar-refractivity contribution in [1.82, 2.24) is 4.90 Å². The molecule has 0 aromatic heterocycles. The maximum Gasteiger partial charge on any atom is 0.315 e. The molecule has 5 heteroatoms. The number of halogens is 1. The van der Waals surface area contributed by atoms with Gasteiger partial charge in [0.2, 0.25) is 5.91 Å². The van der Waals surface area contributed by atoms with Crippen LogP contribution in [-0.4, -0.2) is 27.9 Å². The maximum absolute atomic E-state index is 12.2. The van der Waals surface area contributed by atoms with Gasteiger partial charge in [0.1, 0.15) is 5.92 Å². The summed E-state index contributed by atoms with van der Waals surface area (Å²) in [6.07, 6.45) is 1.90. The zero-order valence-corrected chi connectivity index (χ0v) is 11.4. The van der Waals surface area contributed by atoms with Crippen molar-refractivity contribution in [3.63, 3.8) is 0 Å². The molecule has 1 aliphatic rings. The molecule has 1 aromatic carbocycles. The van der Waals surface area contributed by atoms with E-state index in [9.17, 15) is 9.59 Å². The van der Waals surface area contributed by atoms with Gasteiger partial charge in [0.15, 0.2) is 0 Å². The fourth-order valence-corrected chi connectivity index (χ4v) is 2.04. The van der Waals surface area contributed by atoms with E-state index in [4.69, 9.17) is 16.7 Å². The van der Waals surface area contributed by atoms with Crippen molar-refractivity contribution in [2.75, 3.05) is 0 Å². The van der Waals surface area contributed by atoms with Crippen molar-refractivity contribution >= 4 is 23.5 Å². The summed E-state index contributed by atoms with van der Waals surface area (Å²) < 4.78 is 0. The quantitative estimate of drug-likeness (QED) is 0.844. The van der Waals surface area contributed by atoms with Gasteiger partial charge in [0.25, 0.3) is 0 Å². The Morgan fingerprint density at radius 2 is 1.95 bits per heavy atom. The lowest BCUT2D eigenvalue weighted by molar-refractivity contribution is -0.150. The standard InChI is InChI=1S/C14H16ClNO3/c1-9(14(18)19)13(17)16(12-6-7-12)8-10-2-4-11(15)5-3-10/h2-5,9,12H,6-8H2,1H3,(H,18,19). The van der Waals surface area contributed by atoms with Gasteiger partial charge in [-0.2, -0.15) is 0 Å². The van der Waals surface area contributed by atoms with Crippen molar-refractivity contribution in [1.29, 1.82) is 0 Å². The molecule has 4 nitrogen and oxygen atoms in total. The minimum absolute atomic E-state index is 0.185. The highest BCUT2D eigenvalue weighted by Gasteiger charge is 2.36. The second-order valence-corrected chi connectivity index (χ2v) is 5.32. The van der Waals surface area contributed by atoms with Gasteiger partial charge in [-0.1, -0.05) is 23.7 Å². The van der Waals surface area contributed by atoms with Crippen LogP contribution in [0.2, 0.25) is 5.02 Å². The zero-order chi connectivity index (χ0) is 14.0. The molecule has 0 spiro atoms. The van der Waals surface area contributed by atoms with Gasteiger partial charge in [-0.25, -0.2) is 0 Å². The number of carboxylic acid groups (broad SMARTS) is 1. The van der Waals surface area contributed by atoms with Crippen LogP contribution < -0.4 is 0 Å². The predicted octanol–water partition coefficient (Wildman–Crippen LogP) is 2.55. The average Bonchev–Trinajstić information content (AvgIpc) is 3.20. The monoisotopic (exact) mass is 281 g/mol. The Balaban J connectivity index is 2.10. The SMILES string of the molecule is CC(C(=O)O)C(=O)N(Cc1ccc(Cl)cc1)C1CC1. The summed E-state index contributed by atoms with van der Waals surface area (Å²) in [6, 6.07) is 7.44. The number of nitrogens with zero attached hydrogens (tertiary/aromatic N) is 1. The van der Waals surface area contributed by atoms with Crippen LogP contribution in [0.15, 0.2) is 24.3 Å². The molecule has 1 N–H and O–H groups in total. The third kappa shape index (κ3) is 3.47. The second-order valence-electron chi connectivity index (χ2n) is 4.88. The summed E-state index contributed by atoms with van der Waals surface area (Å²) in [5, 5.41) is 9.59. The summed E-state index contributed by atoms with van der Waals surface area (Å²) in [7, 11) is 0. The summed E-state index contributed by atoms with van der Waals surface area (Å²) in [6.45, 7) is 1.88. The van der Waals surface area contributed by atoms with Crippen LogP contribution in [-0.2, 0) is 16.1 Å². The molecule has 2 rings (SSSR count). The molecule has 0 bridgehead atoms. The lowest BCUT2D eigenvalue weighted by Gasteiger charge is -2.24. The highest BCUT2D eigenvalue weighted by molar-refractivity contribution is 6.30. The van der Waals surface area contributed by atoms with Gasteiger partial charge in [-0.3, -0.25) is 9.59 Å². The van der Waals surface area contributed by atoms with Gasteiger partial charge in [-0.05, 0) is 37.5 Å². The van der Waals surface area contributed by atoms with Crippen LogP contribution in [0.4, 0.5) is 0 Å². The normalized spacial score (nSPS) is 15.9. The third-order valence-electron chi connectivity index (χ3n) is 3.28. The van der Waals surface area contributed by atoms with E-state index in [0.717, 1.165) is 18.4 Å². The lowest BCUT2D eigenvalue weighted by Crippen LogP contribution is -2.39. The highest BCUT2D eigenvalue weighted by atomic mass is 35.5. The van der Waals surface area contributed by atoms with Crippen LogP contribution in [0.3, 0.4) is 0 Å². The molecule has 1 unspecified atom stereocenters. The molecule has 1 aromatic rings. The van der Waals surface area contributed by atoms with E-state index in [-0.39, 0.29) is 11.9 Å². The largest absolute Gasteiger partial charge is 0.481 e. The Kier molecular flexibility index (Phi) is 4.10. The molecular formula is C14H16ClNO3. The van der Waals surface area contributed by atoms with E-state index in [2.05, 4.69) is 0 Å². The Bertz CT molecular complexity index is 482. The Hall–Kier alpha value is -1.55. The van der Waals surface area contributed by atoms with Crippen molar-refractivity contribution in [2.45, 2.75) is 32.4 Å². The molecule has 1 fully saturated rings. The van der Waals surface area contributed by atoms with Gasteiger partial charge in [0, 0.05) is 17.6 Å². The summed E-state index contributed by atoms with van der Waals surface area (Å²) in [4.78, 5) is 24.7. The molecule has 0 aliphatic heterocycles. The van der Waals surface area contributed by atoms with Crippen LogP contribution >= 0.6 is 11.6 Å². The number of benzene rings is 1. The molecule has 0 radical (unpaired) electrons. The van der Waals surface area contributed by atoms with Gasteiger partial charge < -0.3 is 10.0 Å². The summed E-state index contributed by atoms with van der Waals surface area (Å²) in [5.41, 5.74) is 0.960. The Morgan fingerprint density at radius 1 is 1.37 bits per heavy atom. The minimum Gasteiger partial charge on any atom is -0.481 e. The van der Waals surface area contributed by atoms with Gasteiger partial charge in [0.05, 0.1) is 0 Å². The fourth-order valence-electron chi connectivity index (χ4n) is 1.91. The van der Waals surface area contributed by atoms with E-state index in [1.807, 2.05) is 12.1 Å². The van der Waals surface area contributed by atoms with Crippen molar-refractivity contribution in [3.8, 4) is 0 Å². The number of carboxylic acids is 1. The first-order valence-corrected chi connectivity index (χ1v) is 6.64. The van der Waals surface area contributed by atoms with E-state index in [1.54, 1.807) is 17.0 Å². The third-order valence-corrected chi connectivity index (χ3v) is 3.53. The van der Waals surface area contributed by atoms with Crippen LogP contribution in [0.25, 0.3) is 0 Å². The number of carbonyl (C=O) groups is 2. The Labute approximate surface area is 117 Å². The summed E-state index contributed by atoms with van der Waals surface area (Å²) >= 11 is 5.82. The number of aliphatic carboxylic acids is 1. The average molecular weight is 282 g/mol. The van der Waals surface area contributed by atoms with Crippen LogP contribution in [0, 0.1) is 5.92 Å². The second kappa shape index (κ2) is 5.61. The van der Waals surface area contributed by atoms with E-state index in [0.29, 0.717) is 11.6 Å². The molecule has 0 saturated heterocycles. The topological polar surface area (TPSA) is 57.6 Å². The smallest absolute Gasteiger partial charge is 0.315 e. The van der Waals surface area contributed by atoms with Crippen molar-refractivity contribution in [3.05, 3.63) is 34.9 Å². The molecule has 19 heavy (non-hydrogen) atoms. The molecule has 1 atom stereocenters. The molecule has 1 aliphatic carbocycles. The van der Waals surface area contributed by atoms with Gasteiger partial charge in [-0.15, -0.1) is 0 Å².